The third kappa shape index (κ3) is 4.50. The fourth-order valence-corrected chi connectivity index (χ4v) is 2.39. The lowest BCUT2D eigenvalue weighted by Crippen LogP contribution is -2.41. The molecule has 4 nitrogen and oxygen atoms in total. The molecule has 0 heterocycles. The highest BCUT2D eigenvalue weighted by atomic mass is 79.9. The molecule has 0 aromatic heterocycles. The molecule has 2 rings (SSSR count). The van der Waals surface area contributed by atoms with Crippen LogP contribution < -0.4 is 10.9 Å². The summed E-state index contributed by atoms with van der Waals surface area (Å²) in [6, 6.07) is 13.0. The molecule has 23 heavy (non-hydrogen) atoms. The first-order chi connectivity index (χ1) is 11.0. The Morgan fingerprint density at radius 2 is 1.61 bits per heavy atom. The third-order valence-corrected chi connectivity index (χ3v) is 3.76. The van der Waals surface area contributed by atoms with Gasteiger partial charge in [0.05, 0.1) is 5.56 Å². The fraction of sp³-hybridized carbons (Fsp3) is 0.0588. The average Bonchev–Trinajstić information content (AvgIpc) is 2.53. The van der Waals surface area contributed by atoms with Crippen molar-refractivity contribution in [2.45, 2.75) is 6.92 Å². The predicted molar refractivity (Wildman–Crippen MR) is 89.8 cm³/mol. The van der Waals surface area contributed by atoms with Crippen LogP contribution in [0.15, 0.2) is 59.1 Å². The van der Waals surface area contributed by atoms with Gasteiger partial charge >= 0.3 is 0 Å². The number of carbonyl (C=O) groups is 2. The number of hydrazine groups is 1. The van der Waals surface area contributed by atoms with Gasteiger partial charge in [-0.1, -0.05) is 30.3 Å². The molecule has 0 fully saturated rings. The molecule has 118 valence electrons. The van der Waals surface area contributed by atoms with Gasteiger partial charge in [-0.2, -0.15) is 0 Å². The predicted octanol–water partition coefficient (Wildman–Crippen LogP) is 3.45. The number of nitrogens with one attached hydrogen (secondary N) is 2. The Kier molecular flexibility index (Phi) is 5.65. The van der Waals surface area contributed by atoms with Crippen molar-refractivity contribution in [1.82, 2.24) is 10.9 Å². The van der Waals surface area contributed by atoms with Crippen LogP contribution in [0, 0.1) is 5.82 Å². The maximum Gasteiger partial charge on any atom is 0.270 e. The number of hydrogen-bond donors (Lipinski definition) is 2. The topological polar surface area (TPSA) is 58.2 Å². The minimum Gasteiger partial charge on any atom is -0.268 e. The molecule has 0 saturated carbocycles. The second-order valence-electron chi connectivity index (χ2n) is 4.73. The van der Waals surface area contributed by atoms with E-state index in [1.165, 1.54) is 12.1 Å². The largest absolute Gasteiger partial charge is 0.270 e. The van der Waals surface area contributed by atoms with Gasteiger partial charge in [0.2, 0.25) is 0 Å². The second-order valence-corrected chi connectivity index (χ2v) is 5.58. The molecule has 0 aliphatic rings. The van der Waals surface area contributed by atoms with Crippen LogP contribution in [-0.2, 0) is 4.79 Å². The molecule has 0 spiro atoms. The smallest absolute Gasteiger partial charge is 0.268 e. The maximum atomic E-state index is 13.6. The molecule has 0 bridgehead atoms. The van der Waals surface area contributed by atoms with Crippen LogP contribution in [0.4, 0.5) is 4.39 Å². The van der Waals surface area contributed by atoms with Gasteiger partial charge in [-0.3, -0.25) is 20.4 Å². The molecule has 2 N–H and O–H groups in total. The van der Waals surface area contributed by atoms with Gasteiger partial charge in [-0.25, -0.2) is 4.39 Å². The standard InChI is InChI=1S/C17H14BrFN2O2/c1-11(12-6-3-5-9-15(12)19)10-16(22)20-21-17(23)13-7-2-4-8-14(13)18/h2-10H,1H3,(H,20,22)(H,21,23). The van der Waals surface area contributed by atoms with Crippen LogP contribution in [0.5, 0.6) is 0 Å². The molecule has 2 aromatic rings. The first-order valence-corrected chi connectivity index (χ1v) is 7.56. The highest BCUT2D eigenvalue weighted by Crippen LogP contribution is 2.17. The van der Waals surface area contributed by atoms with Crippen LogP contribution >= 0.6 is 15.9 Å². The van der Waals surface area contributed by atoms with Gasteiger partial charge in [0, 0.05) is 16.1 Å². The molecule has 0 radical (unpaired) electrons. The maximum absolute atomic E-state index is 13.6. The number of halogens is 2. The first-order valence-electron chi connectivity index (χ1n) is 6.77. The summed E-state index contributed by atoms with van der Waals surface area (Å²) in [6.07, 6.45) is 1.22. The third-order valence-electron chi connectivity index (χ3n) is 3.06. The van der Waals surface area contributed by atoms with E-state index in [0.717, 1.165) is 0 Å². The van der Waals surface area contributed by atoms with Crippen molar-refractivity contribution in [2.24, 2.45) is 0 Å². The highest BCUT2D eigenvalue weighted by molar-refractivity contribution is 9.10. The Morgan fingerprint density at radius 1 is 1.00 bits per heavy atom. The Bertz CT molecular complexity index is 775. The number of allylic oxidation sites excluding steroid dienone is 1. The molecule has 0 saturated heterocycles. The molecular weight excluding hydrogens is 363 g/mol. The van der Waals surface area contributed by atoms with Gasteiger partial charge in [-0.05, 0) is 46.6 Å². The normalized spacial score (nSPS) is 11.0. The van der Waals surface area contributed by atoms with Crippen molar-refractivity contribution in [2.75, 3.05) is 0 Å². The molecule has 2 amide bonds. The average molecular weight is 377 g/mol. The summed E-state index contributed by atoms with van der Waals surface area (Å²) in [5, 5.41) is 0. The van der Waals surface area contributed by atoms with Crippen LogP contribution in [0.25, 0.3) is 5.57 Å². The van der Waals surface area contributed by atoms with E-state index in [1.807, 2.05) is 0 Å². The summed E-state index contributed by atoms with van der Waals surface area (Å²) in [4.78, 5) is 23.8. The summed E-state index contributed by atoms with van der Waals surface area (Å²) < 4.78 is 14.2. The van der Waals surface area contributed by atoms with Crippen molar-refractivity contribution in [3.05, 3.63) is 76.0 Å². The zero-order valence-electron chi connectivity index (χ0n) is 12.3. The first kappa shape index (κ1) is 16.9. The second kappa shape index (κ2) is 7.69. The lowest BCUT2D eigenvalue weighted by atomic mass is 10.1. The molecule has 2 aromatic carbocycles. The van der Waals surface area contributed by atoms with E-state index in [-0.39, 0.29) is 0 Å². The molecular formula is C17H14BrFN2O2. The minimum atomic E-state index is -0.550. The summed E-state index contributed by atoms with van der Waals surface area (Å²) in [6.45, 7) is 1.62. The summed E-state index contributed by atoms with van der Waals surface area (Å²) in [7, 11) is 0. The monoisotopic (exact) mass is 376 g/mol. The SMILES string of the molecule is CC(=CC(=O)NNC(=O)c1ccccc1Br)c1ccccc1F. The van der Waals surface area contributed by atoms with Crippen LogP contribution in [0.2, 0.25) is 0 Å². The van der Waals surface area contributed by atoms with E-state index in [1.54, 1.807) is 49.4 Å². The lowest BCUT2D eigenvalue weighted by molar-refractivity contribution is -0.117. The Labute approximate surface area is 141 Å². The lowest BCUT2D eigenvalue weighted by Gasteiger charge is -2.08. The van der Waals surface area contributed by atoms with E-state index in [4.69, 9.17) is 0 Å². The highest BCUT2D eigenvalue weighted by Gasteiger charge is 2.10. The number of hydrogen-bond acceptors (Lipinski definition) is 2. The van der Waals surface area contributed by atoms with Crippen molar-refractivity contribution in [3.63, 3.8) is 0 Å². The summed E-state index contributed by atoms with van der Waals surface area (Å²) in [5.74, 6) is -1.42. The van der Waals surface area contributed by atoms with E-state index in [9.17, 15) is 14.0 Å². The van der Waals surface area contributed by atoms with Gasteiger partial charge in [0.15, 0.2) is 0 Å². The zero-order chi connectivity index (χ0) is 16.8. The summed E-state index contributed by atoms with van der Waals surface area (Å²) in [5.41, 5.74) is 5.75. The molecule has 6 heteroatoms. The number of rotatable bonds is 3. The minimum absolute atomic E-state index is 0.333. The number of amides is 2. The Hall–Kier alpha value is -2.47. The quantitative estimate of drug-likeness (QED) is 0.636. The summed E-state index contributed by atoms with van der Waals surface area (Å²) >= 11 is 3.26. The Balaban J connectivity index is 2.00. The van der Waals surface area contributed by atoms with Crippen LogP contribution in [-0.4, -0.2) is 11.8 Å². The van der Waals surface area contributed by atoms with Gasteiger partial charge < -0.3 is 0 Å². The number of benzene rings is 2. The van der Waals surface area contributed by atoms with Gasteiger partial charge in [0.1, 0.15) is 5.82 Å². The van der Waals surface area contributed by atoms with Gasteiger partial charge in [-0.15, -0.1) is 0 Å². The van der Waals surface area contributed by atoms with E-state index in [2.05, 4.69) is 26.8 Å². The molecule has 0 aliphatic heterocycles. The molecule has 0 aliphatic carbocycles. The molecule has 0 unspecified atom stereocenters. The zero-order valence-corrected chi connectivity index (χ0v) is 13.9. The fourth-order valence-electron chi connectivity index (χ4n) is 1.92. The van der Waals surface area contributed by atoms with Crippen LogP contribution in [0.3, 0.4) is 0 Å². The van der Waals surface area contributed by atoms with E-state index < -0.39 is 17.6 Å². The number of carbonyl (C=O) groups excluding carboxylic acids is 2. The van der Waals surface area contributed by atoms with E-state index >= 15 is 0 Å². The molecule has 0 atom stereocenters. The van der Waals surface area contributed by atoms with Crippen molar-refractivity contribution < 1.29 is 14.0 Å². The van der Waals surface area contributed by atoms with Crippen molar-refractivity contribution in [1.29, 1.82) is 0 Å². The van der Waals surface area contributed by atoms with Crippen molar-refractivity contribution in [3.8, 4) is 0 Å². The van der Waals surface area contributed by atoms with Crippen molar-refractivity contribution >= 4 is 33.3 Å². The Morgan fingerprint density at radius 3 is 2.26 bits per heavy atom. The van der Waals surface area contributed by atoms with Crippen LogP contribution in [0.1, 0.15) is 22.8 Å². The van der Waals surface area contributed by atoms with E-state index in [0.29, 0.717) is 21.2 Å². The van der Waals surface area contributed by atoms with Gasteiger partial charge in [0.25, 0.3) is 11.8 Å².